The Hall–Kier alpha value is -1.16. The van der Waals surface area contributed by atoms with Crippen molar-refractivity contribution in [3.05, 3.63) is 24.3 Å². The van der Waals surface area contributed by atoms with Crippen molar-refractivity contribution in [2.75, 3.05) is 30.6 Å². The molecule has 0 atom stereocenters. The number of anilines is 1. The summed E-state index contributed by atoms with van der Waals surface area (Å²) in [7, 11) is -7.02. The Kier molecular flexibility index (Phi) is 7.65. The number of hydrogen-bond donors (Lipinski definition) is 2. The third kappa shape index (κ3) is 6.39. The van der Waals surface area contributed by atoms with Crippen molar-refractivity contribution in [3.8, 4) is 0 Å². The maximum Gasteiger partial charge on any atom is 0.243 e. The largest absolute Gasteiger partial charge is 0.315 e. The molecular formula is C15H27N3O4S2. The molecule has 0 heterocycles. The quantitative estimate of drug-likeness (QED) is 0.602. The highest BCUT2D eigenvalue weighted by Gasteiger charge is 2.26. The molecule has 1 aromatic rings. The summed E-state index contributed by atoms with van der Waals surface area (Å²) in [5.41, 5.74) is 0.331. The molecule has 7 nitrogen and oxygen atoms in total. The van der Waals surface area contributed by atoms with Gasteiger partial charge in [0.05, 0.1) is 11.2 Å². The second-order valence-electron chi connectivity index (χ2n) is 5.86. The van der Waals surface area contributed by atoms with Crippen molar-refractivity contribution >= 4 is 25.7 Å². The molecule has 0 fully saturated rings. The minimum absolute atomic E-state index is 0.144. The summed E-state index contributed by atoms with van der Waals surface area (Å²) in [6.07, 6.45) is 2.03. The van der Waals surface area contributed by atoms with Crippen molar-refractivity contribution in [1.82, 2.24) is 9.62 Å². The van der Waals surface area contributed by atoms with E-state index < -0.39 is 20.0 Å². The normalized spacial score (nSPS) is 12.8. The van der Waals surface area contributed by atoms with Gasteiger partial charge in [-0.25, -0.2) is 16.8 Å². The minimum atomic E-state index is -3.63. The first kappa shape index (κ1) is 20.9. The van der Waals surface area contributed by atoms with Gasteiger partial charge in [-0.3, -0.25) is 4.72 Å². The molecule has 0 saturated carbocycles. The molecule has 0 bridgehead atoms. The van der Waals surface area contributed by atoms with Crippen LogP contribution in [0.25, 0.3) is 0 Å². The molecule has 1 aromatic carbocycles. The van der Waals surface area contributed by atoms with Crippen LogP contribution in [0.3, 0.4) is 0 Å². The van der Waals surface area contributed by atoms with Crippen LogP contribution >= 0.6 is 0 Å². The summed E-state index contributed by atoms with van der Waals surface area (Å²) in [4.78, 5) is 0.144. The van der Waals surface area contributed by atoms with E-state index in [1.165, 1.54) is 28.6 Å². The molecule has 0 amide bonds. The Labute approximate surface area is 145 Å². The summed E-state index contributed by atoms with van der Waals surface area (Å²) in [5, 5.41) is 3.20. The van der Waals surface area contributed by atoms with E-state index in [2.05, 4.69) is 17.0 Å². The van der Waals surface area contributed by atoms with Crippen molar-refractivity contribution < 1.29 is 16.8 Å². The Morgan fingerprint density at radius 3 is 2.08 bits per heavy atom. The van der Waals surface area contributed by atoms with Gasteiger partial charge in [-0.1, -0.05) is 6.92 Å². The molecule has 0 aliphatic heterocycles. The number of nitrogens with one attached hydrogen (secondary N) is 2. The zero-order chi connectivity index (χ0) is 18.4. The number of sulfonamides is 2. The molecule has 0 unspecified atom stereocenters. The van der Waals surface area contributed by atoms with Gasteiger partial charge in [-0.2, -0.15) is 4.31 Å². The SMILES string of the molecule is CCCNCCN(C(C)C)S(=O)(=O)c1ccc(NS(C)(=O)=O)cc1. The molecule has 24 heavy (non-hydrogen) atoms. The summed E-state index contributed by atoms with van der Waals surface area (Å²) < 4.78 is 51.8. The zero-order valence-corrected chi connectivity index (χ0v) is 16.2. The first-order valence-corrected chi connectivity index (χ1v) is 11.2. The van der Waals surface area contributed by atoms with E-state index in [9.17, 15) is 16.8 Å². The molecule has 0 radical (unpaired) electrons. The third-order valence-electron chi connectivity index (χ3n) is 3.28. The van der Waals surface area contributed by atoms with Crippen molar-refractivity contribution in [2.45, 2.75) is 38.1 Å². The van der Waals surface area contributed by atoms with E-state index >= 15 is 0 Å². The molecular weight excluding hydrogens is 350 g/mol. The van der Waals surface area contributed by atoms with Crippen LogP contribution in [0.15, 0.2) is 29.2 Å². The Balaban J connectivity index is 2.94. The smallest absolute Gasteiger partial charge is 0.243 e. The lowest BCUT2D eigenvalue weighted by atomic mass is 10.3. The molecule has 0 aromatic heterocycles. The Morgan fingerprint density at radius 2 is 1.62 bits per heavy atom. The maximum atomic E-state index is 12.8. The molecule has 138 valence electrons. The zero-order valence-electron chi connectivity index (χ0n) is 14.6. The second-order valence-corrected chi connectivity index (χ2v) is 9.50. The highest BCUT2D eigenvalue weighted by molar-refractivity contribution is 7.92. The van der Waals surface area contributed by atoms with Gasteiger partial charge in [-0.15, -0.1) is 0 Å². The predicted molar refractivity (Wildman–Crippen MR) is 97.1 cm³/mol. The van der Waals surface area contributed by atoms with Gasteiger partial charge in [0, 0.05) is 24.8 Å². The molecule has 0 aliphatic rings. The molecule has 2 N–H and O–H groups in total. The van der Waals surface area contributed by atoms with Gasteiger partial charge >= 0.3 is 0 Å². The summed E-state index contributed by atoms with van der Waals surface area (Å²) in [6.45, 7) is 7.52. The van der Waals surface area contributed by atoms with Crippen LogP contribution in [0.1, 0.15) is 27.2 Å². The van der Waals surface area contributed by atoms with E-state index in [0.29, 0.717) is 18.8 Å². The molecule has 1 rings (SSSR count). The van der Waals surface area contributed by atoms with Crippen LogP contribution < -0.4 is 10.0 Å². The van der Waals surface area contributed by atoms with Crippen molar-refractivity contribution in [3.63, 3.8) is 0 Å². The van der Waals surface area contributed by atoms with Crippen LogP contribution in [-0.2, 0) is 20.0 Å². The van der Waals surface area contributed by atoms with Crippen LogP contribution in [0, 0.1) is 0 Å². The average Bonchev–Trinajstić information content (AvgIpc) is 2.45. The molecule has 0 spiro atoms. The average molecular weight is 378 g/mol. The number of rotatable bonds is 10. The monoisotopic (exact) mass is 377 g/mol. The summed E-state index contributed by atoms with van der Waals surface area (Å²) >= 11 is 0. The maximum absolute atomic E-state index is 12.8. The predicted octanol–water partition coefficient (Wildman–Crippen LogP) is 1.46. The molecule has 0 aliphatic carbocycles. The van der Waals surface area contributed by atoms with Gasteiger partial charge in [-0.05, 0) is 51.1 Å². The van der Waals surface area contributed by atoms with Gasteiger partial charge in [0.1, 0.15) is 0 Å². The van der Waals surface area contributed by atoms with Crippen LogP contribution in [0.2, 0.25) is 0 Å². The number of hydrogen-bond acceptors (Lipinski definition) is 5. The fraction of sp³-hybridized carbons (Fsp3) is 0.600. The van der Waals surface area contributed by atoms with Crippen LogP contribution in [0.5, 0.6) is 0 Å². The highest BCUT2D eigenvalue weighted by Crippen LogP contribution is 2.20. The van der Waals surface area contributed by atoms with E-state index in [1.807, 2.05) is 13.8 Å². The fourth-order valence-electron chi connectivity index (χ4n) is 2.19. The van der Waals surface area contributed by atoms with E-state index in [0.717, 1.165) is 19.2 Å². The highest BCUT2D eigenvalue weighted by atomic mass is 32.2. The minimum Gasteiger partial charge on any atom is -0.315 e. The lowest BCUT2D eigenvalue weighted by Crippen LogP contribution is -2.41. The van der Waals surface area contributed by atoms with E-state index in [4.69, 9.17) is 0 Å². The molecule has 0 saturated heterocycles. The van der Waals surface area contributed by atoms with Crippen molar-refractivity contribution in [1.29, 1.82) is 0 Å². The van der Waals surface area contributed by atoms with Crippen LogP contribution in [0.4, 0.5) is 5.69 Å². The van der Waals surface area contributed by atoms with Gasteiger partial charge in [0.25, 0.3) is 0 Å². The van der Waals surface area contributed by atoms with Gasteiger partial charge in [0.15, 0.2) is 0 Å². The first-order chi connectivity index (χ1) is 11.1. The standard InChI is InChI=1S/C15H27N3O4S2/c1-5-10-16-11-12-18(13(2)3)24(21,22)15-8-6-14(7-9-15)17-23(4,19)20/h6-9,13,16-17H,5,10-12H2,1-4H3. The number of benzene rings is 1. The van der Waals surface area contributed by atoms with Crippen molar-refractivity contribution in [2.24, 2.45) is 0 Å². The second kappa shape index (κ2) is 8.80. The lowest BCUT2D eigenvalue weighted by molar-refractivity contribution is 0.351. The van der Waals surface area contributed by atoms with Gasteiger partial charge < -0.3 is 5.32 Å². The summed E-state index contributed by atoms with van der Waals surface area (Å²) in [6, 6.07) is 5.55. The summed E-state index contributed by atoms with van der Waals surface area (Å²) in [5.74, 6) is 0. The topological polar surface area (TPSA) is 95.6 Å². The first-order valence-electron chi connectivity index (χ1n) is 7.88. The van der Waals surface area contributed by atoms with E-state index in [1.54, 1.807) is 0 Å². The van der Waals surface area contributed by atoms with Crippen LogP contribution in [-0.4, -0.2) is 53.1 Å². The molecule has 9 heteroatoms. The Bertz CT molecular complexity index is 714. The Morgan fingerprint density at radius 1 is 1.04 bits per heavy atom. The fourth-order valence-corrected chi connectivity index (χ4v) is 4.39. The van der Waals surface area contributed by atoms with E-state index in [-0.39, 0.29) is 10.9 Å². The van der Waals surface area contributed by atoms with Gasteiger partial charge in [0.2, 0.25) is 20.0 Å². The third-order valence-corrected chi connectivity index (χ3v) is 5.97. The number of nitrogens with zero attached hydrogens (tertiary/aromatic N) is 1. The lowest BCUT2D eigenvalue weighted by Gasteiger charge is -2.26.